The minimum atomic E-state index is -1.04. The highest BCUT2D eigenvalue weighted by atomic mass is 16.5. The van der Waals surface area contributed by atoms with Crippen molar-refractivity contribution < 1.29 is 14.6 Å². The van der Waals surface area contributed by atoms with Crippen LogP contribution in [0.4, 0.5) is 0 Å². The molecule has 2 rings (SSSR count). The molecule has 0 atom stereocenters. The van der Waals surface area contributed by atoms with E-state index in [9.17, 15) is 4.79 Å². The van der Waals surface area contributed by atoms with Gasteiger partial charge in [-0.05, 0) is 19.1 Å². The van der Waals surface area contributed by atoms with Gasteiger partial charge in [0.25, 0.3) is 0 Å². The third-order valence-corrected chi connectivity index (χ3v) is 2.46. The number of aromatic nitrogens is 2. The first-order chi connectivity index (χ1) is 8.13. The number of aromatic amines is 1. The van der Waals surface area contributed by atoms with Crippen LogP contribution in [-0.2, 0) is 0 Å². The summed E-state index contributed by atoms with van der Waals surface area (Å²) < 4.78 is 5.21. The molecule has 5 nitrogen and oxygen atoms in total. The fraction of sp³-hybridized carbons (Fsp3) is 0.167. The molecular weight excluding hydrogens is 220 g/mol. The van der Waals surface area contributed by atoms with Crippen LogP contribution in [0.15, 0.2) is 24.5 Å². The molecule has 0 radical (unpaired) electrons. The number of nitrogens with one attached hydrogen (secondary N) is 1. The zero-order valence-corrected chi connectivity index (χ0v) is 9.52. The van der Waals surface area contributed by atoms with E-state index in [0.717, 1.165) is 5.56 Å². The molecule has 0 spiro atoms. The quantitative estimate of drug-likeness (QED) is 0.849. The first kappa shape index (κ1) is 11.2. The molecule has 0 fully saturated rings. The Morgan fingerprint density at radius 1 is 1.47 bits per heavy atom. The van der Waals surface area contributed by atoms with Gasteiger partial charge < -0.3 is 14.8 Å². The Hall–Kier alpha value is -2.30. The number of ether oxygens (including phenoxy) is 1. The van der Waals surface area contributed by atoms with Crippen molar-refractivity contribution in [1.82, 2.24) is 9.97 Å². The van der Waals surface area contributed by atoms with Crippen LogP contribution in [0.1, 0.15) is 16.1 Å². The van der Waals surface area contributed by atoms with Crippen molar-refractivity contribution in [3.05, 3.63) is 35.8 Å². The molecule has 0 amide bonds. The van der Waals surface area contributed by atoms with Crippen molar-refractivity contribution in [2.45, 2.75) is 6.92 Å². The standard InChI is InChI=1S/C12H12N2O3/c1-7-3-4-9(17-2)8(5-7)10-11(12(15)16)14-6-13-10/h3-6H,1-2H3,(H,13,14)(H,15,16). The average Bonchev–Trinajstić information content (AvgIpc) is 2.77. The van der Waals surface area contributed by atoms with Gasteiger partial charge >= 0.3 is 5.97 Å². The number of carboxylic acids is 1. The minimum absolute atomic E-state index is 0.0638. The van der Waals surface area contributed by atoms with Gasteiger partial charge in [0, 0.05) is 5.56 Å². The van der Waals surface area contributed by atoms with E-state index in [0.29, 0.717) is 17.0 Å². The Bertz CT molecular complexity index is 561. The molecule has 5 heteroatoms. The summed E-state index contributed by atoms with van der Waals surface area (Å²) in [5, 5.41) is 9.04. The number of aromatic carboxylic acids is 1. The highest BCUT2D eigenvalue weighted by Gasteiger charge is 2.17. The van der Waals surface area contributed by atoms with Gasteiger partial charge in [-0.2, -0.15) is 0 Å². The number of carboxylic acid groups (broad SMARTS) is 1. The van der Waals surface area contributed by atoms with Crippen LogP contribution in [0.2, 0.25) is 0 Å². The molecule has 0 unspecified atom stereocenters. The number of imidazole rings is 1. The van der Waals surface area contributed by atoms with Crippen LogP contribution in [0.3, 0.4) is 0 Å². The fourth-order valence-electron chi connectivity index (χ4n) is 1.67. The molecule has 0 aliphatic heterocycles. The molecule has 17 heavy (non-hydrogen) atoms. The van der Waals surface area contributed by atoms with Gasteiger partial charge in [-0.15, -0.1) is 0 Å². The fourth-order valence-corrected chi connectivity index (χ4v) is 1.67. The molecule has 2 N–H and O–H groups in total. The van der Waals surface area contributed by atoms with E-state index in [2.05, 4.69) is 9.97 Å². The van der Waals surface area contributed by atoms with E-state index in [1.54, 1.807) is 13.2 Å². The Balaban J connectivity index is 2.63. The van der Waals surface area contributed by atoms with Gasteiger partial charge in [-0.1, -0.05) is 11.6 Å². The van der Waals surface area contributed by atoms with Crippen molar-refractivity contribution >= 4 is 5.97 Å². The average molecular weight is 232 g/mol. The van der Waals surface area contributed by atoms with Crippen molar-refractivity contribution in [2.75, 3.05) is 7.11 Å². The second-order valence-electron chi connectivity index (χ2n) is 3.64. The highest BCUT2D eigenvalue weighted by Crippen LogP contribution is 2.31. The van der Waals surface area contributed by atoms with Crippen LogP contribution in [-0.4, -0.2) is 28.2 Å². The largest absolute Gasteiger partial charge is 0.496 e. The van der Waals surface area contributed by atoms with E-state index in [4.69, 9.17) is 9.84 Å². The zero-order chi connectivity index (χ0) is 12.4. The highest BCUT2D eigenvalue weighted by molar-refractivity contribution is 5.93. The lowest BCUT2D eigenvalue weighted by Crippen LogP contribution is -2.00. The van der Waals surface area contributed by atoms with Gasteiger partial charge in [0.15, 0.2) is 5.69 Å². The number of benzene rings is 1. The minimum Gasteiger partial charge on any atom is -0.496 e. The number of rotatable bonds is 3. The van der Waals surface area contributed by atoms with Crippen LogP contribution in [0.25, 0.3) is 11.3 Å². The normalized spacial score (nSPS) is 10.2. The van der Waals surface area contributed by atoms with Crippen LogP contribution in [0, 0.1) is 6.92 Å². The molecule has 0 aliphatic carbocycles. The zero-order valence-electron chi connectivity index (χ0n) is 9.52. The number of hydrogen-bond acceptors (Lipinski definition) is 3. The van der Waals surface area contributed by atoms with E-state index >= 15 is 0 Å². The first-order valence-electron chi connectivity index (χ1n) is 5.05. The SMILES string of the molecule is COc1ccc(C)cc1-c1nc[nH]c1C(=O)O. The number of hydrogen-bond donors (Lipinski definition) is 2. The Kier molecular flexibility index (Phi) is 2.82. The lowest BCUT2D eigenvalue weighted by molar-refractivity contribution is 0.0692. The number of aryl methyl sites for hydroxylation is 1. The Labute approximate surface area is 98.1 Å². The maximum Gasteiger partial charge on any atom is 0.354 e. The van der Waals surface area contributed by atoms with Gasteiger partial charge in [0.2, 0.25) is 0 Å². The summed E-state index contributed by atoms with van der Waals surface area (Å²) in [5.74, 6) is -0.439. The van der Waals surface area contributed by atoms with Gasteiger partial charge in [-0.3, -0.25) is 0 Å². The van der Waals surface area contributed by atoms with E-state index in [1.807, 2.05) is 19.1 Å². The first-order valence-corrected chi connectivity index (χ1v) is 5.05. The molecular formula is C12H12N2O3. The summed E-state index contributed by atoms with van der Waals surface area (Å²) in [6.07, 6.45) is 1.36. The van der Waals surface area contributed by atoms with Gasteiger partial charge in [0.1, 0.15) is 11.4 Å². The van der Waals surface area contributed by atoms with E-state index in [-0.39, 0.29) is 5.69 Å². The smallest absolute Gasteiger partial charge is 0.354 e. The summed E-state index contributed by atoms with van der Waals surface area (Å²) >= 11 is 0. The second kappa shape index (κ2) is 4.29. The van der Waals surface area contributed by atoms with Crippen LogP contribution in [0.5, 0.6) is 5.75 Å². The molecule has 1 heterocycles. The molecule has 0 saturated carbocycles. The van der Waals surface area contributed by atoms with Crippen LogP contribution < -0.4 is 4.74 Å². The molecule has 0 bridgehead atoms. The molecule has 1 aromatic carbocycles. The Morgan fingerprint density at radius 2 is 2.24 bits per heavy atom. The maximum atomic E-state index is 11.0. The molecule has 0 saturated heterocycles. The third kappa shape index (κ3) is 1.99. The number of H-pyrrole nitrogens is 1. The van der Waals surface area contributed by atoms with Crippen molar-refractivity contribution in [3.8, 4) is 17.0 Å². The molecule has 2 aromatic rings. The molecule has 88 valence electrons. The van der Waals surface area contributed by atoms with E-state index < -0.39 is 5.97 Å². The predicted octanol–water partition coefficient (Wildman–Crippen LogP) is 2.09. The third-order valence-electron chi connectivity index (χ3n) is 2.46. The number of methoxy groups -OCH3 is 1. The lowest BCUT2D eigenvalue weighted by Gasteiger charge is -2.08. The summed E-state index contributed by atoms with van der Waals surface area (Å²) in [6, 6.07) is 5.54. The summed E-state index contributed by atoms with van der Waals surface area (Å²) in [5.41, 5.74) is 2.14. The topological polar surface area (TPSA) is 75.2 Å². The van der Waals surface area contributed by atoms with Crippen molar-refractivity contribution in [1.29, 1.82) is 0 Å². The maximum absolute atomic E-state index is 11.0. The predicted molar refractivity (Wildman–Crippen MR) is 62.3 cm³/mol. The number of nitrogens with zero attached hydrogens (tertiary/aromatic N) is 1. The van der Waals surface area contributed by atoms with E-state index in [1.165, 1.54) is 6.33 Å². The van der Waals surface area contributed by atoms with Crippen molar-refractivity contribution in [2.24, 2.45) is 0 Å². The monoisotopic (exact) mass is 232 g/mol. The lowest BCUT2D eigenvalue weighted by atomic mass is 10.1. The summed E-state index contributed by atoms with van der Waals surface area (Å²) in [6.45, 7) is 1.93. The molecule has 0 aliphatic rings. The van der Waals surface area contributed by atoms with Gasteiger partial charge in [0.05, 0.1) is 13.4 Å². The van der Waals surface area contributed by atoms with Crippen LogP contribution >= 0.6 is 0 Å². The molecule has 1 aromatic heterocycles. The second-order valence-corrected chi connectivity index (χ2v) is 3.64. The number of carbonyl (C=O) groups is 1. The van der Waals surface area contributed by atoms with Crippen molar-refractivity contribution in [3.63, 3.8) is 0 Å². The summed E-state index contributed by atoms with van der Waals surface area (Å²) in [7, 11) is 1.54. The van der Waals surface area contributed by atoms with Gasteiger partial charge in [-0.25, -0.2) is 9.78 Å². The Morgan fingerprint density at radius 3 is 2.88 bits per heavy atom. The summed E-state index contributed by atoms with van der Waals surface area (Å²) in [4.78, 5) is 17.7.